The number of pyridine rings is 1. The lowest BCUT2D eigenvalue weighted by Crippen LogP contribution is -2.27. The molecular weight excluding hydrogens is 430 g/mol. The van der Waals surface area contributed by atoms with E-state index in [1.807, 2.05) is 6.92 Å². The molecular formula is C24H20ClN3O4. The van der Waals surface area contributed by atoms with Gasteiger partial charge in [-0.25, -0.2) is 9.78 Å². The van der Waals surface area contributed by atoms with Crippen molar-refractivity contribution in [2.24, 2.45) is 0 Å². The van der Waals surface area contributed by atoms with E-state index < -0.39 is 5.97 Å². The lowest BCUT2D eigenvalue weighted by Gasteiger charge is -2.15. The first-order valence-corrected chi connectivity index (χ1v) is 10.4. The van der Waals surface area contributed by atoms with Crippen molar-refractivity contribution < 1.29 is 14.6 Å². The molecule has 0 amide bonds. The number of carboxylic acids is 1. The Kier molecular flexibility index (Phi) is 6.18. The number of halogens is 1. The van der Waals surface area contributed by atoms with Crippen LogP contribution >= 0.6 is 11.6 Å². The van der Waals surface area contributed by atoms with Gasteiger partial charge in [-0.3, -0.25) is 14.3 Å². The van der Waals surface area contributed by atoms with Crippen LogP contribution in [0.15, 0.2) is 65.7 Å². The van der Waals surface area contributed by atoms with E-state index in [0.29, 0.717) is 51.6 Å². The smallest absolute Gasteiger partial charge is 0.335 e. The van der Waals surface area contributed by atoms with Crippen LogP contribution in [0.2, 0.25) is 5.02 Å². The highest BCUT2D eigenvalue weighted by molar-refractivity contribution is 6.31. The number of aromatic carboxylic acids is 1. The third-order valence-corrected chi connectivity index (χ3v) is 5.32. The van der Waals surface area contributed by atoms with Gasteiger partial charge >= 0.3 is 5.97 Å². The Morgan fingerprint density at radius 2 is 2.03 bits per heavy atom. The summed E-state index contributed by atoms with van der Waals surface area (Å²) in [5.74, 6) is 0.187. The van der Waals surface area contributed by atoms with Gasteiger partial charge in [-0.2, -0.15) is 0 Å². The van der Waals surface area contributed by atoms with E-state index in [9.17, 15) is 14.7 Å². The maximum absolute atomic E-state index is 13.0. The van der Waals surface area contributed by atoms with Crippen molar-refractivity contribution in [1.29, 1.82) is 0 Å². The van der Waals surface area contributed by atoms with Gasteiger partial charge in [0, 0.05) is 23.2 Å². The Hall–Kier alpha value is -3.71. The summed E-state index contributed by atoms with van der Waals surface area (Å²) < 4.78 is 7.63. The molecule has 8 heteroatoms. The number of carbonyl (C=O) groups is 1. The summed E-state index contributed by atoms with van der Waals surface area (Å²) in [5, 5.41) is 10.3. The van der Waals surface area contributed by atoms with E-state index in [1.54, 1.807) is 59.4 Å². The van der Waals surface area contributed by atoms with Crippen LogP contribution in [0.1, 0.15) is 23.1 Å². The Morgan fingerprint density at radius 1 is 1.19 bits per heavy atom. The lowest BCUT2D eigenvalue weighted by atomic mass is 10.0. The highest BCUT2D eigenvalue weighted by Gasteiger charge is 2.13. The summed E-state index contributed by atoms with van der Waals surface area (Å²) in [4.78, 5) is 32.9. The molecule has 1 N–H and O–H groups in total. The van der Waals surface area contributed by atoms with Gasteiger partial charge in [-0.05, 0) is 42.0 Å². The minimum atomic E-state index is -1.01. The van der Waals surface area contributed by atoms with Crippen LogP contribution in [-0.2, 0) is 13.0 Å². The van der Waals surface area contributed by atoms with Gasteiger partial charge in [0.05, 0.1) is 29.2 Å². The fraction of sp³-hybridized carbons (Fsp3) is 0.167. The van der Waals surface area contributed by atoms with Gasteiger partial charge in [0.2, 0.25) is 0 Å². The van der Waals surface area contributed by atoms with Crippen molar-refractivity contribution >= 4 is 28.5 Å². The number of hydrogen-bond acceptors (Lipinski definition) is 5. The van der Waals surface area contributed by atoms with Gasteiger partial charge in [0.25, 0.3) is 5.56 Å². The molecule has 0 saturated heterocycles. The average Bonchev–Trinajstić information content (AvgIpc) is 2.81. The monoisotopic (exact) mass is 449 g/mol. The number of nitrogens with zero attached hydrogens (tertiary/aromatic N) is 3. The van der Waals surface area contributed by atoms with Crippen molar-refractivity contribution in [2.75, 3.05) is 6.61 Å². The number of ether oxygens (including phenoxy) is 1. The summed E-state index contributed by atoms with van der Waals surface area (Å²) in [7, 11) is 0. The normalized spacial score (nSPS) is 10.9. The van der Waals surface area contributed by atoms with E-state index in [4.69, 9.17) is 16.3 Å². The predicted octanol–water partition coefficient (Wildman–Crippen LogP) is 4.45. The first kappa shape index (κ1) is 21.5. The number of carboxylic acid groups (broad SMARTS) is 1. The summed E-state index contributed by atoms with van der Waals surface area (Å²) in [6.45, 7) is 2.47. The summed E-state index contributed by atoms with van der Waals surface area (Å²) in [5.41, 5.74) is 1.96. The molecule has 4 rings (SSSR count). The fourth-order valence-corrected chi connectivity index (χ4v) is 3.71. The SMILES string of the molecule is CCc1nc2cnccc2c(=O)n1CCOc1ccc(Cl)cc1-c1cccc(C(=O)O)c1. The first-order chi connectivity index (χ1) is 15.5. The van der Waals surface area contributed by atoms with Gasteiger partial charge in [-0.1, -0.05) is 30.7 Å². The molecule has 2 aromatic carbocycles. The highest BCUT2D eigenvalue weighted by Crippen LogP contribution is 2.33. The van der Waals surface area contributed by atoms with E-state index in [0.717, 1.165) is 0 Å². The quantitative estimate of drug-likeness (QED) is 0.448. The number of fused-ring (bicyclic) bond motifs is 1. The third-order valence-electron chi connectivity index (χ3n) is 5.09. The zero-order valence-corrected chi connectivity index (χ0v) is 18.0. The van der Waals surface area contributed by atoms with Crippen molar-refractivity contribution in [1.82, 2.24) is 14.5 Å². The number of hydrogen-bond donors (Lipinski definition) is 1. The lowest BCUT2D eigenvalue weighted by molar-refractivity contribution is 0.0697. The fourth-order valence-electron chi connectivity index (χ4n) is 3.54. The molecule has 0 radical (unpaired) electrons. The second-order valence-electron chi connectivity index (χ2n) is 7.11. The van der Waals surface area contributed by atoms with Gasteiger partial charge < -0.3 is 9.84 Å². The Morgan fingerprint density at radius 3 is 2.81 bits per heavy atom. The molecule has 0 spiro atoms. The van der Waals surface area contributed by atoms with Crippen LogP contribution in [0.3, 0.4) is 0 Å². The molecule has 0 aliphatic heterocycles. The van der Waals surface area contributed by atoms with Crippen LogP contribution in [-0.4, -0.2) is 32.2 Å². The second kappa shape index (κ2) is 9.20. The molecule has 32 heavy (non-hydrogen) atoms. The zero-order valence-electron chi connectivity index (χ0n) is 17.3. The Labute approximate surface area is 188 Å². The van der Waals surface area contributed by atoms with Crippen molar-refractivity contribution in [3.63, 3.8) is 0 Å². The molecule has 2 heterocycles. The molecule has 7 nitrogen and oxygen atoms in total. The molecule has 162 valence electrons. The topological polar surface area (TPSA) is 94.3 Å². The number of rotatable bonds is 7. The van der Waals surface area contributed by atoms with E-state index in [2.05, 4.69) is 9.97 Å². The molecule has 0 saturated carbocycles. The first-order valence-electron chi connectivity index (χ1n) is 10.1. The van der Waals surface area contributed by atoms with Crippen LogP contribution < -0.4 is 10.3 Å². The van der Waals surface area contributed by atoms with Crippen molar-refractivity contribution in [3.8, 4) is 16.9 Å². The molecule has 0 aliphatic rings. The summed E-state index contributed by atoms with van der Waals surface area (Å²) in [6.07, 6.45) is 3.75. The van der Waals surface area contributed by atoms with Gasteiger partial charge in [0.15, 0.2) is 0 Å². The third kappa shape index (κ3) is 4.33. The van der Waals surface area contributed by atoms with Crippen molar-refractivity contribution in [2.45, 2.75) is 19.9 Å². The van der Waals surface area contributed by atoms with Crippen LogP contribution in [0, 0.1) is 0 Å². The number of aromatic nitrogens is 3. The molecule has 0 unspecified atom stereocenters. The van der Waals surface area contributed by atoms with Crippen LogP contribution in [0.4, 0.5) is 0 Å². The predicted molar refractivity (Wildman–Crippen MR) is 123 cm³/mol. The average molecular weight is 450 g/mol. The molecule has 0 atom stereocenters. The van der Waals surface area contributed by atoms with Gasteiger partial charge in [-0.15, -0.1) is 0 Å². The molecule has 2 aromatic heterocycles. The minimum Gasteiger partial charge on any atom is -0.491 e. The maximum atomic E-state index is 13.0. The Bertz CT molecular complexity index is 1370. The largest absolute Gasteiger partial charge is 0.491 e. The summed E-state index contributed by atoms with van der Waals surface area (Å²) in [6, 6.07) is 13.4. The van der Waals surface area contributed by atoms with Gasteiger partial charge in [0.1, 0.15) is 18.2 Å². The molecule has 0 bridgehead atoms. The van der Waals surface area contributed by atoms with E-state index >= 15 is 0 Å². The maximum Gasteiger partial charge on any atom is 0.335 e. The van der Waals surface area contributed by atoms with Crippen LogP contribution in [0.5, 0.6) is 5.75 Å². The van der Waals surface area contributed by atoms with E-state index in [-0.39, 0.29) is 17.7 Å². The zero-order chi connectivity index (χ0) is 22.7. The molecule has 0 aliphatic carbocycles. The number of aryl methyl sites for hydroxylation is 1. The Balaban J connectivity index is 1.62. The number of benzene rings is 2. The minimum absolute atomic E-state index is 0.136. The van der Waals surface area contributed by atoms with Crippen LogP contribution in [0.25, 0.3) is 22.0 Å². The highest BCUT2D eigenvalue weighted by atomic mass is 35.5. The second-order valence-corrected chi connectivity index (χ2v) is 7.54. The van der Waals surface area contributed by atoms with E-state index in [1.165, 1.54) is 6.07 Å². The van der Waals surface area contributed by atoms with Crippen molar-refractivity contribution in [3.05, 3.63) is 87.7 Å². The molecule has 4 aromatic rings. The molecule has 0 fully saturated rings. The summed E-state index contributed by atoms with van der Waals surface area (Å²) >= 11 is 6.18. The standard InChI is InChI=1S/C24H20ClN3O4/c1-2-22-27-20-14-26-9-8-18(20)23(29)28(22)10-11-32-21-7-6-17(25)13-19(21)15-4-3-5-16(12-15)24(30)31/h3-9,12-14H,2,10-11H2,1H3,(H,30,31).